The topological polar surface area (TPSA) is 75.3 Å². The molecule has 0 saturated carbocycles. The number of benzene rings is 2. The minimum absolute atomic E-state index is 0.00618. The number of hydrogen-bond donors (Lipinski definition) is 2. The van der Waals surface area contributed by atoms with Gasteiger partial charge in [-0.05, 0) is 50.1 Å². The van der Waals surface area contributed by atoms with Crippen LogP contribution in [-0.2, 0) is 10.0 Å². The highest BCUT2D eigenvalue weighted by atomic mass is 35.5. The fraction of sp³-hybridized carbons (Fsp3) is 0.278. The number of anilines is 1. The van der Waals surface area contributed by atoms with Crippen LogP contribution in [-0.4, -0.2) is 20.4 Å². The third-order valence-electron chi connectivity index (χ3n) is 3.86. The quantitative estimate of drug-likeness (QED) is 0.795. The number of hydrogen-bond acceptors (Lipinski definition) is 3. The van der Waals surface area contributed by atoms with Crippen molar-refractivity contribution in [1.29, 1.82) is 0 Å². The molecule has 134 valence electrons. The Kier molecular flexibility index (Phi) is 6.08. The van der Waals surface area contributed by atoms with E-state index in [9.17, 15) is 13.2 Å². The molecule has 2 N–H and O–H groups in total. The van der Waals surface area contributed by atoms with Gasteiger partial charge in [0.2, 0.25) is 0 Å². The number of nitrogens with one attached hydrogen (secondary N) is 2. The van der Waals surface area contributed by atoms with Crippen molar-refractivity contribution >= 4 is 33.2 Å². The lowest BCUT2D eigenvalue weighted by Gasteiger charge is -2.14. The fourth-order valence-corrected chi connectivity index (χ4v) is 3.80. The first-order chi connectivity index (χ1) is 11.7. The Morgan fingerprint density at radius 3 is 2.52 bits per heavy atom. The number of sulfonamides is 1. The summed E-state index contributed by atoms with van der Waals surface area (Å²) in [7, 11) is -3.92. The molecule has 0 spiro atoms. The van der Waals surface area contributed by atoms with Crippen molar-refractivity contribution in [2.45, 2.75) is 38.1 Å². The predicted octanol–water partition coefficient (Wildman–Crippen LogP) is 3.98. The van der Waals surface area contributed by atoms with Gasteiger partial charge in [0.05, 0.1) is 10.7 Å². The number of rotatable bonds is 6. The van der Waals surface area contributed by atoms with Crippen LogP contribution in [0.2, 0.25) is 5.02 Å². The Labute approximate surface area is 153 Å². The largest absolute Gasteiger partial charge is 0.350 e. The molecule has 0 fully saturated rings. The monoisotopic (exact) mass is 380 g/mol. The summed E-state index contributed by atoms with van der Waals surface area (Å²) in [5.74, 6) is -0.335. The predicted molar refractivity (Wildman–Crippen MR) is 101 cm³/mol. The van der Waals surface area contributed by atoms with Crippen molar-refractivity contribution in [3.05, 3.63) is 58.6 Å². The SMILES string of the molecule is CC[C@H](C)NC(=O)c1ccc(Cl)c(S(=O)(=O)Nc2ccccc2C)c1. The summed E-state index contributed by atoms with van der Waals surface area (Å²) >= 11 is 6.07. The lowest BCUT2D eigenvalue weighted by molar-refractivity contribution is 0.0939. The molecule has 25 heavy (non-hydrogen) atoms. The van der Waals surface area contributed by atoms with E-state index in [2.05, 4.69) is 10.0 Å². The highest BCUT2D eigenvalue weighted by Gasteiger charge is 2.21. The Bertz CT molecular complexity index is 882. The number of halogens is 1. The molecule has 2 aromatic rings. The third kappa shape index (κ3) is 4.74. The molecule has 1 atom stereocenters. The van der Waals surface area contributed by atoms with Crippen molar-refractivity contribution < 1.29 is 13.2 Å². The van der Waals surface area contributed by atoms with Gasteiger partial charge in [0, 0.05) is 11.6 Å². The Balaban J connectivity index is 2.36. The van der Waals surface area contributed by atoms with Gasteiger partial charge in [0.1, 0.15) is 4.90 Å². The highest BCUT2D eigenvalue weighted by Crippen LogP contribution is 2.26. The van der Waals surface area contributed by atoms with Crippen molar-refractivity contribution in [3.63, 3.8) is 0 Å². The first kappa shape index (κ1) is 19.3. The molecule has 2 rings (SSSR count). The van der Waals surface area contributed by atoms with Crippen LogP contribution in [0.1, 0.15) is 36.2 Å². The molecular weight excluding hydrogens is 360 g/mol. The van der Waals surface area contributed by atoms with E-state index in [4.69, 9.17) is 11.6 Å². The summed E-state index contributed by atoms with van der Waals surface area (Å²) in [4.78, 5) is 12.1. The maximum atomic E-state index is 12.7. The minimum atomic E-state index is -3.92. The van der Waals surface area contributed by atoms with Gasteiger partial charge < -0.3 is 5.32 Å². The van der Waals surface area contributed by atoms with E-state index in [1.807, 2.05) is 19.9 Å². The van der Waals surface area contributed by atoms with Gasteiger partial charge in [0.25, 0.3) is 15.9 Å². The molecule has 0 bridgehead atoms. The van der Waals surface area contributed by atoms with Crippen LogP contribution < -0.4 is 10.0 Å². The smallest absolute Gasteiger partial charge is 0.263 e. The van der Waals surface area contributed by atoms with Gasteiger partial charge in [-0.3, -0.25) is 9.52 Å². The summed E-state index contributed by atoms with van der Waals surface area (Å²) in [6, 6.07) is 11.2. The van der Waals surface area contributed by atoms with Crippen molar-refractivity contribution in [2.24, 2.45) is 0 Å². The molecule has 0 aliphatic rings. The number of carbonyl (C=O) groups is 1. The van der Waals surface area contributed by atoms with E-state index in [-0.39, 0.29) is 27.4 Å². The normalized spacial score (nSPS) is 12.5. The van der Waals surface area contributed by atoms with Gasteiger partial charge in [-0.1, -0.05) is 36.7 Å². The zero-order valence-electron chi connectivity index (χ0n) is 14.3. The van der Waals surface area contributed by atoms with Crippen LogP contribution in [0.4, 0.5) is 5.69 Å². The van der Waals surface area contributed by atoms with Gasteiger partial charge in [0.15, 0.2) is 0 Å². The molecule has 0 aliphatic heterocycles. The molecule has 0 aromatic heterocycles. The Morgan fingerprint density at radius 2 is 1.88 bits per heavy atom. The average Bonchev–Trinajstić information content (AvgIpc) is 2.56. The van der Waals surface area contributed by atoms with Crippen LogP contribution in [0.25, 0.3) is 0 Å². The Morgan fingerprint density at radius 1 is 1.20 bits per heavy atom. The second-order valence-corrected chi connectivity index (χ2v) is 7.91. The molecule has 0 radical (unpaired) electrons. The molecule has 0 unspecified atom stereocenters. The third-order valence-corrected chi connectivity index (χ3v) is 5.71. The summed E-state index contributed by atoms with van der Waals surface area (Å²) in [6.07, 6.45) is 0.777. The molecule has 2 aromatic carbocycles. The maximum absolute atomic E-state index is 12.7. The van der Waals surface area contributed by atoms with Gasteiger partial charge in [-0.2, -0.15) is 0 Å². The second kappa shape index (κ2) is 7.89. The van der Waals surface area contributed by atoms with Crippen molar-refractivity contribution in [1.82, 2.24) is 5.32 Å². The standard InChI is InChI=1S/C18H21ClN2O3S/c1-4-13(3)20-18(22)14-9-10-15(19)17(11-14)25(23,24)21-16-8-6-5-7-12(16)2/h5-11,13,21H,4H2,1-3H3,(H,20,22)/t13-/m0/s1. The zero-order chi connectivity index (χ0) is 18.6. The van der Waals surface area contributed by atoms with Crippen molar-refractivity contribution in [3.8, 4) is 0 Å². The lowest BCUT2D eigenvalue weighted by atomic mass is 10.2. The summed E-state index contributed by atoms with van der Waals surface area (Å²) in [6.45, 7) is 5.63. The molecule has 1 amide bonds. The van der Waals surface area contributed by atoms with E-state index in [1.54, 1.807) is 25.1 Å². The maximum Gasteiger partial charge on any atom is 0.263 e. The number of amides is 1. The van der Waals surface area contributed by atoms with Crippen molar-refractivity contribution in [2.75, 3.05) is 4.72 Å². The van der Waals surface area contributed by atoms with Gasteiger partial charge >= 0.3 is 0 Å². The fourth-order valence-electron chi connectivity index (χ4n) is 2.15. The lowest BCUT2D eigenvalue weighted by Crippen LogP contribution is -2.32. The number of carbonyl (C=O) groups excluding carboxylic acids is 1. The van der Waals surface area contributed by atoms with E-state index in [0.29, 0.717) is 5.69 Å². The van der Waals surface area contributed by atoms with E-state index < -0.39 is 10.0 Å². The van der Waals surface area contributed by atoms with E-state index >= 15 is 0 Å². The highest BCUT2D eigenvalue weighted by molar-refractivity contribution is 7.92. The van der Waals surface area contributed by atoms with E-state index in [0.717, 1.165) is 12.0 Å². The van der Waals surface area contributed by atoms with Gasteiger partial charge in [-0.15, -0.1) is 0 Å². The van der Waals surface area contributed by atoms with Crippen LogP contribution in [0, 0.1) is 6.92 Å². The summed E-state index contributed by atoms with van der Waals surface area (Å²) in [5, 5.41) is 2.86. The summed E-state index contributed by atoms with van der Waals surface area (Å²) in [5.41, 5.74) is 1.50. The molecule has 7 heteroatoms. The Hall–Kier alpha value is -2.05. The summed E-state index contributed by atoms with van der Waals surface area (Å²) < 4.78 is 27.9. The average molecular weight is 381 g/mol. The molecule has 0 saturated heterocycles. The number of aryl methyl sites for hydroxylation is 1. The van der Waals surface area contributed by atoms with Gasteiger partial charge in [-0.25, -0.2) is 8.42 Å². The molecule has 0 heterocycles. The molecule has 0 aliphatic carbocycles. The first-order valence-corrected chi connectivity index (χ1v) is 9.79. The van der Waals surface area contributed by atoms with Crippen LogP contribution in [0.15, 0.2) is 47.4 Å². The van der Waals surface area contributed by atoms with Crippen LogP contribution in [0.3, 0.4) is 0 Å². The molecule has 5 nitrogen and oxygen atoms in total. The zero-order valence-corrected chi connectivity index (χ0v) is 15.9. The van der Waals surface area contributed by atoms with E-state index in [1.165, 1.54) is 18.2 Å². The van der Waals surface area contributed by atoms with Crippen LogP contribution in [0.5, 0.6) is 0 Å². The second-order valence-electron chi connectivity index (χ2n) is 5.85. The minimum Gasteiger partial charge on any atom is -0.350 e. The van der Waals surface area contributed by atoms with Crippen LogP contribution >= 0.6 is 11.6 Å². The molecular formula is C18H21ClN2O3S. The number of para-hydroxylation sites is 1. The first-order valence-electron chi connectivity index (χ1n) is 7.93.